The molecule has 152 valence electrons. The van der Waals surface area contributed by atoms with Gasteiger partial charge in [0.15, 0.2) is 0 Å². The Balaban J connectivity index is 1.25. The maximum Gasteiger partial charge on any atom is 0.410 e. The number of hydrogen-bond donors (Lipinski definition) is 0. The Morgan fingerprint density at radius 3 is 2.71 bits per heavy atom. The Hall–Kier alpha value is -2.08. The van der Waals surface area contributed by atoms with Crippen molar-refractivity contribution in [3.8, 4) is 0 Å². The van der Waals surface area contributed by atoms with Gasteiger partial charge in [0.25, 0.3) is 0 Å². The highest BCUT2D eigenvalue weighted by molar-refractivity contribution is 5.83. The van der Waals surface area contributed by atoms with E-state index in [0.717, 1.165) is 39.0 Å². The van der Waals surface area contributed by atoms with Crippen LogP contribution < -0.4 is 0 Å². The van der Waals surface area contributed by atoms with Crippen LogP contribution in [0.2, 0.25) is 0 Å². The lowest BCUT2D eigenvalue weighted by Gasteiger charge is -2.40. The Labute approximate surface area is 167 Å². The van der Waals surface area contributed by atoms with E-state index < -0.39 is 0 Å². The van der Waals surface area contributed by atoms with Crippen LogP contribution in [0.25, 0.3) is 0 Å². The van der Waals surface area contributed by atoms with Crippen molar-refractivity contribution >= 4 is 12.0 Å². The number of rotatable bonds is 6. The van der Waals surface area contributed by atoms with Gasteiger partial charge in [-0.15, -0.1) is 0 Å². The summed E-state index contributed by atoms with van der Waals surface area (Å²) in [5, 5.41) is 0. The van der Waals surface area contributed by atoms with E-state index in [0.29, 0.717) is 13.2 Å². The van der Waals surface area contributed by atoms with Gasteiger partial charge in [0.1, 0.15) is 13.2 Å². The molecule has 6 heteroatoms. The van der Waals surface area contributed by atoms with Crippen LogP contribution in [0.3, 0.4) is 0 Å². The second-order valence-corrected chi connectivity index (χ2v) is 8.57. The minimum Gasteiger partial charge on any atom is -0.448 e. The summed E-state index contributed by atoms with van der Waals surface area (Å²) in [6, 6.07) is 10.7. The third-order valence-corrected chi connectivity index (χ3v) is 6.49. The fraction of sp³-hybridized carbons (Fsp3) is 0.636. The average molecular weight is 386 g/mol. The normalized spacial score (nSPS) is 25.5. The summed E-state index contributed by atoms with van der Waals surface area (Å²) >= 11 is 0. The number of aryl methyl sites for hydroxylation is 1. The zero-order chi connectivity index (χ0) is 19.4. The lowest BCUT2D eigenvalue weighted by atomic mass is 9.79. The van der Waals surface area contributed by atoms with Crippen molar-refractivity contribution in [2.24, 2.45) is 5.41 Å². The van der Waals surface area contributed by atoms with Gasteiger partial charge < -0.3 is 14.5 Å². The van der Waals surface area contributed by atoms with Crippen LogP contribution in [0.5, 0.6) is 0 Å². The summed E-state index contributed by atoms with van der Waals surface area (Å²) in [6.45, 7) is 6.14. The van der Waals surface area contributed by atoms with Gasteiger partial charge in [-0.25, -0.2) is 4.79 Å². The summed E-state index contributed by atoms with van der Waals surface area (Å²) in [5.41, 5.74) is 1.65. The van der Waals surface area contributed by atoms with Crippen LogP contribution in [0.15, 0.2) is 30.3 Å². The molecule has 0 aromatic heterocycles. The summed E-state index contributed by atoms with van der Waals surface area (Å²) in [7, 11) is 0. The van der Waals surface area contributed by atoms with Gasteiger partial charge in [0.05, 0.1) is 6.54 Å². The molecule has 28 heavy (non-hydrogen) atoms. The molecule has 0 N–H and O–H groups in total. The first-order valence-corrected chi connectivity index (χ1v) is 10.6. The summed E-state index contributed by atoms with van der Waals surface area (Å²) in [6.07, 6.45) is 5.45. The molecule has 3 fully saturated rings. The van der Waals surface area contributed by atoms with Gasteiger partial charge in [0.2, 0.25) is 5.91 Å². The fourth-order valence-electron chi connectivity index (χ4n) is 4.97. The van der Waals surface area contributed by atoms with E-state index in [9.17, 15) is 9.59 Å². The van der Waals surface area contributed by atoms with Crippen LogP contribution in [0, 0.1) is 5.41 Å². The number of likely N-dealkylation sites (tertiary alicyclic amines) is 2. The maximum atomic E-state index is 12.6. The maximum absolute atomic E-state index is 12.6. The van der Waals surface area contributed by atoms with Crippen LogP contribution >= 0.6 is 0 Å². The van der Waals surface area contributed by atoms with E-state index in [1.807, 2.05) is 4.90 Å². The molecule has 0 bridgehead atoms. The van der Waals surface area contributed by atoms with E-state index in [-0.39, 0.29) is 24.0 Å². The topological polar surface area (TPSA) is 53.1 Å². The third-order valence-electron chi connectivity index (χ3n) is 6.49. The Kier molecular flexibility index (Phi) is 5.85. The number of hydrogen-bond acceptors (Lipinski definition) is 4. The largest absolute Gasteiger partial charge is 0.448 e. The fourth-order valence-corrected chi connectivity index (χ4v) is 4.97. The highest BCUT2D eigenvalue weighted by atomic mass is 16.6. The molecule has 6 nitrogen and oxygen atoms in total. The number of carbonyl (C=O) groups is 2. The van der Waals surface area contributed by atoms with Crippen molar-refractivity contribution in [1.29, 1.82) is 0 Å². The summed E-state index contributed by atoms with van der Waals surface area (Å²) in [4.78, 5) is 30.3. The number of piperidine rings is 1. The first-order valence-electron chi connectivity index (χ1n) is 10.6. The average Bonchev–Trinajstić information content (AvgIpc) is 3.29. The van der Waals surface area contributed by atoms with E-state index in [1.165, 1.54) is 36.3 Å². The van der Waals surface area contributed by atoms with E-state index in [1.54, 1.807) is 0 Å². The van der Waals surface area contributed by atoms with Crippen molar-refractivity contribution in [2.75, 3.05) is 52.4 Å². The number of ether oxygens (including phenoxy) is 1. The van der Waals surface area contributed by atoms with Gasteiger partial charge in [-0.05, 0) is 50.8 Å². The molecule has 3 aliphatic rings. The minimum atomic E-state index is -0.357. The van der Waals surface area contributed by atoms with Crippen LogP contribution in [-0.2, 0) is 16.0 Å². The Morgan fingerprint density at radius 2 is 1.93 bits per heavy atom. The first-order chi connectivity index (χ1) is 13.6. The quantitative estimate of drug-likeness (QED) is 0.755. The molecule has 3 saturated heterocycles. The van der Waals surface area contributed by atoms with Crippen molar-refractivity contribution in [2.45, 2.75) is 32.1 Å². The molecule has 1 atom stereocenters. The Morgan fingerprint density at radius 1 is 1.07 bits per heavy atom. The van der Waals surface area contributed by atoms with Gasteiger partial charge in [-0.2, -0.15) is 0 Å². The zero-order valence-corrected chi connectivity index (χ0v) is 16.6. The van der Waals surface area contributed by atoms with Crippen molar-refractivity contribution in [3.63, 3.8) is 0 Å². The number of cyclic esters (lactones) is 1. The second-order valence-electron chi connectivity index (χ2n) is 8.57. The number of nitrogens with zero attached hydrogens (tertiary/aromatic N) is 3. The Bertz CT molecular complexity index is 696. The molecule has 2 amide bonds. The van der Waals surface area contributed by atoms with Gasteiger partial charge in [-0.3, -0.25) is 9.69 Å². The minimum absolute atomic E-state index is 0.0666. The highest BCUT2D eigenvalue weighted by Crippen LogP contribution is 2.39. The summed E-state index contributed by atoms with van der Waals surface area (Å²) in [5.74, 6) is 0.0666. The first kappa shape index (κ1) is 19.2. The molecule has 1 aromatic carbocycles. The lowest BCUT2D eigenvalue weighted by molar-refractivity contribution is -0.131. The highest BCUT2D eigenvalue weighted by Gasteiger charge is 2.43. The predicted octanol–water partition coefficient (Wildman–Crippen LogP) is 2.39. The summed E-state index contributed by atoms with van der Waals surface area (Å²) < 4.78 is 4.93. The van der Waals surface area contributed by atoms with E-state index >= 15 is 0 Å². The molecular weight excluding hydrogens is 354 g/mol. The lowest BCUT2D eigenvalue weighted by Crippen LogP contribution is -2.46. The molecular formula is C22H31N3O3. The smallest absolute Gasteiger partial charge is 0.410 e. The molecule has 0 aliphatic carbocycles. The number of carbonyl (C=O) groups excluding carboxylic acids is 2. The standard InChI is InChI=1S/C22H31N3O3/c26-20(16-24-14-15-28-21(24)27)25-13-10-22(18-25)9-5-12-23(17-22)11-4-8-19-6-2-1-3-7-19/h1-3,6-7H,4-5,8-18H2/t22-/m1/s1. The van der Waals surface area contributed by atoms with E-state index in [2.05, 4.69) is 35.2 Å². The molecule has 1 aromatic rings. The van der Waals surface area contributed by atoms with Crippen molar-refractivity contribution < 1.29 is 14.3 Å². The predicted molar refractivity (Wildman–Crippen MR) is 107 cm³/mol. The molecule has 3 heterocycles. The van der Waals surface area contributed by atoms with Crippen LogP contribution in [0.1, 0.15) is 31.2 Å². The molecule has 0 saturated carbocycles. The molecule has 4 rings (SSSR count). The van der Waals surface area contributed by atoms with Crippen LogP contribution in [-0.4, -0.2) is 79.1 Å². The molecule has 3 aliphatic heterocycles. The SMILES string of the molecule is O=C(CN1CCOC1=O)N1CC[C@@]2(CCCN(CCCc3ccccc3)C2)C1. The van der Waals surface area contributed by atoms with Gasteiger partial charge in [0, 0.05) is 25.0 Å². The monoisotopic (exact) mass is 385 g/mol. The van der Waals surface area contributed by atoms with Crippen molar-refractivity contribution in [3.05, 3.63) is 35.9 Å². The van der Waals surface area contributed by atoms with Crippen molar-refractivity contribution in [1.82, 2.24) is 14.7 Å². The molecule has 1 spiro atoms. The zero-order valence-electron chi connectivity index (χ0n) is 16.6. The van der Waals surface area contributed by atoms with Gasteiger partial charge >= 0.3 is 6.09 Å². The van der Waals surface area contributed by atoms with Gasteiger partial charge in [-0.1, -0.05) is 30.3 Å². The third kappa shape index (κ3) is 4.49. The molecule has 0 unspecified atom stereocenters. The molecule has 0 radical (unpaired) electrons. The van der Waals surface area contributed by atoms with Crippen LogP contribution in [0.4, 0.5) is 4.79 Å². The number of benzene rings is 1. The second kappa shape index (κ2) is 8.52. The number of amides is 2. The van der Waals surface area contributed by atoms with E-state index in [4.69, 9.17) is 4.74 Å².